The van der Waals surface area contributed by atoms with Crippen LogP contribution in [-0.4, -0.2) is 54.8 Å². The number of ketones is 1. The first-order valence-corrected chi connectivity index (χ1v) is 15.0. The lowest BCUT2D eigenvalue weighted by Gasteiger charge is -2.37. The average Bonchev–Trinajstić information content (AvgIpc) is 3.46. The lowest BCUT2D eigenvalue weighted by Crippen LogP contribution is -2.54. The highest BCUT2D eigenvalue weighted by Crippen LogP contribution is 2.49. The van der Waals surface area contributed by atoms with Gasteiger partial charge in [-0.2, -0.15) is 0 Å². The number of hydrogen-bond acceptors (Lipinski definition) is 8. The summed E-state index contributed by atoms with van der Waals surface area (Å²) in [7, 11) is 1.54. The van der Waals surface area contributed by atoms with Crippen molar-refractivity contribution in [2.45, 2.75) is 30.1 Å². The maximum absolute atomic E-state index is 14.7. The van der Waals surface area contributed by atoms with Crippen molar-refractivity contribution < 1.29 is 27.9 Å². The zero-order chi connectivity index (χ0) is 32.2. The summed E-state index contributed by atoms with van der Waals surface area (Å²) in [6.45, 7) is 4.17. The van der Waals surface area contributed by atoms with E-state index >= 15 is 0 Å². The van der Waals surface area contributed by atoms with Crippen LogP contribution in [0.15, 0.2) is 67.3 Å². The first kappa shape index (κ1) is 30.5. The maximum Gasteiger partial charge on any atom is 0.262 e. The average molecular weight is 632 g/mol. The van der Waals surface area contributed by atoms with Crippen LogP contribution in [0.3, 0.4) is 0 Å². The number of thiophene rings is 1. The Morgan fingerprint density at radius 2 is 1.91 bits per heavy atom. The molecule has 1 saturated heterocycles. The third-order valence-electron chi connectivity index (χ3n) is 8.67. The van der Waals surface area contributed by atoms with Gasteiger partial charge in [-0.05, 0) is 47.4 Å². The predicted molar refractivity (Wildman–Crippen MR) is 168 cm³/mol. The van der Waals surface area contributed by atoms with Gasteiger partial charge in [0.2, 0.25) is 5.91 Å². The van der Waals surface area contributed by atoms with E-state index in [2.05, 4.69) is 11.9 Å². The van der Waals surface area contributed by atoms with Gasteiger partial charge < -0.3 is 32.2 Å². The minimum absolute atomic E-state index is 0.0115. The molecule has 2 heterocycles. The number of carbonyl (C=O) groups excluding carboxylic acids is 3. The highest BCUT2D eigenvalue weighted by molar-refractivity contribution is 7.21. The van der Waals surface area contributed by atoms with Crippen LogP contribution in [0, 0.1) is 11.6 Å². The number of hydrogen-bond donors (Lipinski definition) is 4. The number of nitrogens with one attached hydrogen (secondary N) is 1. The van der Waals surface area contributed by atoms with Gasteiger partial charge in [0.1, 0.15) is 5.54 Å². The number of carbonyl (C=O) groups is 3. The monoisotopic (exact) mass is 631 g/mol. The van der Waals surface area contributed by atoms with Crippen molar-refractivity contribution in [2.75, 3.05) is 25.9 Å². The van der Waals surface area contributed by atoms with Gasteiger partial charge in [0.05, 0.1) is 21.7 Å². The van der Waals surface area contributed by atoms with Crippen LogP contribution in [-0.2, 0) is 19.9 Å². The lowest BCUT2D eigenvalue weighted by atomic mass is 9.70. The SMILES string of the molecule is C=CC(=O)N1C[C@H](NC(=O)c2sc3c(N)ccc4c3c2C(N)C(=O)C4(N)c2cccc(-c3cccc(F)c3F)c2)C[C@H](OC)C1. The second kappa shape index (κ2) is 11.5. The van der Waals surface area contributed by atoms with Crippen LogP contribution < -0.4 is 22.5 Å². The summed E-state index contributed by atoms with van der Waals surface area (Å²) in [4.78, 5) is 42.1. The molecule has 0 radical (unpaired) electrons. The fourth-order valence-electron chi connectivity index (χ4n) is 6.39. The van der Waals surface area contributed by atoms with Crippen LogP contribution in [0.4, 0.5) is 14.5 Å². The van der Waals surface area contributed by atoms with Gasteiger partial charge in [-0.15, -0.1) is 11.3 Å². The van der Waals surface area contributed by atoms with Crippen LogP contribution in [0.25, 0.3) is 21.2 Å². The number of methoxy groups -OCH3 is 1. The first-order chi connectivity index (χ1) is 21.5. The van der Waals surface area contributed by atoms with Crippen molar-refractivity contribution in [3.8, 4) is 11.1 Å². The third kappa shape index (κ3) is 4.90. The Morgan fingerprint density at radius 1 is 1.16 bits per heavy atom. The summed E-state index contributed by atoms with van der Waals surface area (Å²) in [5, 5.41) is 3.49. The number of nitrogen functional groups attached to an aromatic ring is 1. The van der Waals surface area contributed by atoms with Gasteiger partial charge in [-0.25, -0.2) is 8.78 Å². The normalized spacial score (nSPS) is 22.8. The molecule has 4 atom stereocenters. The maximum atomic E-state index is 14.7. The fourth-order valence-corrected chi connectivity index (χ4v) is 7.60. The van der Waals surface area contributed by atoms with Crippen molar-refractivity contribution in [1.29, 1.82) is 0 Å². The van der Waals surface area contributed by atoms with Crippen molar-refractivity contribution in [3.63, 3.8) is 0 Å². The Kier molecular flexibility index (Phi) is 7.77. The van der Waals surface area contributed by atoms with Gasteiger partial charge in [-0.1, -0.05) is 43.0 Å². The molecule has 1 aliphatic heterocycles. The van der Waals surface area contributed by atoms with Crippen LogP contribution in [0.2, 0.25) is 0 Å². The molecule has 232 valence electrons. The number of halogens is 2. The number of nitrogens with zero attached hydrogens (tertiary/aromatic N) is 1. The zero-order valence-corrected chi connectivity index (χ0v) is 25.1. The Bertz CT molecular complexity index is 1890. The number of Topliss-reactive ketones (excluding diaryl/α,β-unsaturated/α-hetero) is 1. The summed E-state index contributed by atoms with van der Waals surface area (Å²) in [5.74, 6) is -3.35. The third-order valence-corrected chi connectivity index (χ3v) is 9.92. The summed E-state index contributed by atoms with van der Waals surface area (Å²) in [6, 6.07) is 11.7. The second-order valence-corrected chi connectivity index (χ2v) is 12.3. The molecule has 9 nitrogen and oxygen atoms in total. The number of anilines is 1. The molecule has 0 saturated carbocycles. The van der Waals surface area contributed by atoms with E-state index < -0.39 is 40.9 Å². The van der Waals surface area contributed by atoms with E-state index in [-0.39, 0.29) is 29.0 Å². The molecular formula is C33H31F2N5O4S. The molecule has 2 unspecified atom stereocenters. The van der Waals surface area contributed by atoms with E-state index in [1.807, 2.05) is 0 Å². The van der Waals surface area contributed by atoms with E-state index in [1.54, 1.807) is 48.4 Å². The van der Waals surface area contributed by atoms with Gasteiger partial charge in [-0.3, -0.25) is 14.4 Å². The molecule has 0 spiro atoms. The molecule has 1 aromatic heterocycles. The van der Waals surface area contributed by atoms with E-state index in [1.165, 1.54) is 18.2 Å². The summed E-state index contributed by atoms with van der Waals surface area (Å²) >= 11 is 1.11. The van der Waals surface area contributed by atoms with Crippen molar-refractivity contribution in [1.82, 2.24) is 10.2 Å². The second-order valence-electron chi connectivity index (χ2n) is 11.3. The van der Waals surface area contributed by atoms with E-state index in [0.29, 0.717) is 51.0 Å². The van der Waals surface area contributed by atoms with Crippen molar-refractivity contribution in [3.05, 3.63) is 100 Å². The molecule has 12 heteroatoms. The molecule has 4 aromatic rings. The van der Waals surface area contributed by atoms with E-state index in [9.17, 15) is 23.2 Å². The number of nitrogens with two attached hydrogens (primary N) is 3. The van der Waals surface area contributed by atoms with Gasteiger partial charge >= 0.3 is 0 Å². The Labute approximate surface area is 261 Å². The predicted octanol–water partition coefficient (Wildman–Crippen LogP) is 3.75. The molecular weight excluding hydrogens is 600 g/mol. The van der Waals surface area contributed by atoms with Gasteiger partial charge in [0, 0.05) is 48.4 Å². The highest BCUT2D eigenvalue weighted by Gasteiger charge is 2.49. The molecule has 0 bridgehead atoms. The minimum atomic E-state index is -1.78. The van der Waals surface area contributed by atoms with E-state index in [0.717, 1.165) is 17.4 Å². The molecule has 1 fully saturated rings. The summed E-state index contributed by atoms with van der Waals surface area (Å²) in [5.41, 5.74) is 19.9. The largest absolute Gasteiger partial charge is 0.398 e. The molecule has 7 N–H and O–H groups in total. The Hall–Kier alpha value is -4.49. The number of rotatable bonds is 6. The number of likely N-dealkylation sites (tertiary alicyclic amines) is 1. The van der Waals surface area contributed by atoms with Crippen LogP contribution >= 0.6 is 11.3 Å². The van der Waals surface area contributed by atoms with E-state index in [4.69, 9.17) is 21.9 Å². The Balaban J connectivity index is 1.43. The Morgan fingerprint density at radius 3 is 2.64 bits per heavy atom. The number of ether oxygens (including phenoxy) is 1. The topological polar surface area (TPSA) is 154 Å². The number of piperidine rings is 1. The number of benzene rings is 3. The molecule has 2 amide bonds. The van der Waals surface area contributed by atoms with Crippen molar-refractivity contribution in [2.24, 2.45) is 11.5 Å². The molecule has 45 heavy (non-hydrogen) atoms. The van der Waals surface area contributed by atoms with Crippen molar-refractivity contribution >= 4 is 44.7 Å². The first-order valence-electron chi connectivity index (χ1n) is 14.2. The smallest absolute Gasteiger partial charge is 0.262 e. The van der Waals surface area contributed by atoms with Crippen LogP contribution in [0.5, 0.6) is 0 Å². The molecule has 2 aliphatic rings. The van der Waals surface area contributed by atoms with Crippen LogP contribution in [0.1, 0.15) is 38.8 Å². The lowest BCUT2D eigenvalue weighted by molar-refractivity contribution is -0.130. The summed E-state index contributed by atoms with van der Waals surface area (Å²) < 4.78 is 34.8. The van der Waals surface area contributed by atoms with Gasteiger partial charge in [0.15, 0.2) is 17.4 Å². The fraction of sp³-hybridized carbons (Fsp3) is 0.242. The van der Waals surface area contributed by atoms with Gasteiger partial charge in [0.25, 0.3) is 5.91 Å². The molecule has 3 aromatic carbocycles. The quantitative estimate of drug-likeness (QED) is 0.187. The zero-order valence-electron chi connectivity index (χ0n) is 24.3. The standard InChI is InChI=1S/C33H31F2N5O4S/c1-3-24(41)40-14-18(13-19(15-40)44-2)39-32(43)30-26-25-21(10-11-23(36)29(25)45-30)33(38,31(42)28(26)37)17-7-4-6-16(12-17)20-8-5-9-22(34)27(20)35/h3-12,18-19,28H,1,13-15,36-38H2,2H3,(H,39,43)/t18-,19+,28?,33?/m1/s1. The molecule has 1 aliphatic carbocycles. The summed E-state index contributed by atoms with van der Waals surface area (Å²) in [6.07, 6.45) is 1.38. The number of amides is 2. The molecule has 6 rings (SSSR count). The highest BCUT2D eigenvalue weighted by atomic mass is 32.1. The minimum Gasteiger partial charge on any atom is -0.398 e.